The fourth-order valence-electron chi connectivity index (χ4n) is 3.13. The van der Waals surface area contributed by atoms with Crippen LogP contribution in [0.4, 0.5) is 0 Å². The summed E-state index contributed by atoms with van der Waals surface area (Å²) in [6.07, 6.45) is 2.38. The Morgan fingerprint density at radius 1 is 1.32 bits per heavy atom. The number of carbonyl (C=O) groups is 1. The van der Waals surface area contributed by atoms with E-state index in [0.717, 1.165) is 29.1 Å². The predicted molar refractivity (Wildman–Crippen MR) is 92.3 cm³/mol. The monoisotopic (exact) mass is 337 g/mol. The van der Waals surface area contributed by atoms with E-state index in [1.807, 2.05) is 48.2 Å². The number of nitrogens with zero attached hydrogens (tertiary/aromatic N) is 2. The van der Waals surface area contributed by atoms with Gasteiger partial charge in [-0.3, -0.25) is 9.89 Å². The molecule has 1 amide bonds. The molecule has 1 aromatic carbocycles. The van der Waals surface area contributed by atoms with Gasteiger partial charge in [-0.1, -0.05) is 0 Å². The highest BCUT2D eigenvalue weighted by Gasteiger charge is 2.27. The van der Waals surface area contributed by atoms with Gasteiger partial charge in [-0.05, 0) is 43.3 Å². The summed E-state index contributed by atoms with van der Waals surface area (Å²) in [4.78, 5) is 14.7. The average molecular weight is 337 g/mol. The van der Waals surface area contributed by atoms with Crippen molar-refractivity contribution < 1.29 is 13.9 Å². The van der Waals surface area contributed by atoms with E-state index < -0.39 is 0 Å². The fraction of sp³-hybridized carbons (Fsp3) is 0.263. The summed E-state index contributed by atoms with van der Waals surface area (Å²) in [5.41, 5.74) is 3.54. The van der Waals surface area contributed by atoms with Crippen LogP contribution in [0, 0.1) is 0 Å². The molecule has 0 fully saturated rings. The van der Waals surface area contributed by atoms with Crippen LogP contribution in [0.5, 0.6) is 5.75 Å². The third kappa shape index (κ3) is 2.91. The molecule has 3 aromatic rings. The van der Waals surface area contributed by atoms with Crippen molar-refractivity contribution in [2.45, 2.75) is 19.9 Å². The largest absolute Gasteiger partial charge is 0.494 e. The Morgan fingerprint density at radius 3 is 2.88 bits per heavy atom. The van der Waals surface area contributed by atoms with Crippen molar-refractivity contribution in [3.63, 3.8) is 0 Å². The van der Waals surface area contributed by atoms with Gasteiger partial charge in [0, 0.05) is 29.8 Å². The van der Waals surface area contributed by atoms with Crippen LogP contribution in [0.3, 0.4) is 0 Å². The lowest BCUT2D eigenvalue weighted by Gasteiger charge is -2.27. The van der Waals surface area contributed by atoms with Crippen molar-refractivity contribution in [2.75, 3.05) is 13.2 Å². The number of nitrogens with one attached hydrogen (secondary N) is 1. The fourth-order valence-corrected chi connectivity index (χ4v) is 3.13. The molecule has 0 atom stereocenters. The molecule has 0 bridgehead atoms. The first-order valence-corrected chi connectivity index (χ1v) is 8.38. The van der Waals surface area contributed by atoms with Gasteiger partial charge in [-0.25, -0.2) is 0 Å². The molecule has 2 aromatic heterocycles. The molecule has 0 radical (unpaired) electrons. The summed E-state index contributed by atoms with van der Waals surface area (Å²) in [5.74, 6) is 1.50. The maximum absolute atomic E-state index is 12.8. The summed E-state index contributed by atoms with van der Waals surface area (Å²) < 4.78 is 10.9. The molecule has 1 N–H and O–H groups in total. The predicted octanol–water partition coefficient (Wildman–Crippen LogP) is 3.27. The molecule has 1 aliphatic rings. The van der Waals surface area contributed by atoms with Crippen molar-refractivity contribution in [1.82, 2.24) is 15.1 Å². The Bertz CT molecular complexity index is 866. The second-order valence-electron chi connectivity index (χ2n) is 5.94. The number of aromatic nitrogens is 2. The number of hydrogen-bond acceptors (Lipinski definition) is 4. The van der Waals surface area contributed by atoms with E-state index >= 15 is 0 Å². The number of fused-ring (bicyclic) bond motifs is 1. The van der Waals surface area contributed by atoms with E-state index in [-0.39, 0.29) is 5.91 Å². The van der Waals surface area contributed by atoms with Gasteiger partial charge in [0.05, 0.1) is 19.4 Å². The van der Waals surface area contributed by atoms with Gasteiger partial charge in [-0.15, -0.1) is 0 Å². The third-order valence-corrected chi connectivity index (χ3v) is 4.39. The first-order chi connectivity index (χ1) is 12.3. The van der Waals surface area contributed by atoms with Crippen LogP contribution in [0.1, 0.15) is 28.5 Å². The highest BCUT2D eigenvalue weighted by Crippen LogP contribution is 2.29. The number of ether oxygens (including phenoxy) is 1. The molecular formula is C19H19N3O3. The second kappa shape index (κ2) is 6.47. The normalized spacial score (nSPS) is 13.6. The Labute approximate surface area is 145 Å². The van der Waals surface area contributed by atoms with Crippen molar-refractivity contribution in [3.05, 3.63) is 59.5 Å². The van der Waals surface area contributed by atoms with Crippen LogP contribution in [0.2, 0.25) is 0 Å². The van der Waals surface area contributed by atoms with Crippen molar-refractivity contribution in [3.8, 4) is 17.2 Å². The minimum absolute atomic E-state index is 0.0142. The molecule has 6 heteroatoms. The Morgan fingerprint density at radius 2 is 2.16 bits per heavy atom. The second-order valence-corrected chi connectivity index (χ2v) is 5.94. The number of H-pyrrole nitrogens is 1. The van der Waals surface area contributed by atoms with Crippen LogP contribution in [-0.2, 0) is 13.0 Å². The molecule has 0 spiro atoms. The molecule has 6 nitrogen and oxygen atoms in total. The molecule has 3 heterocycles. The molecule has 128 valence electrons. The maximum Gasteiger partial charge on any atom is 0.254 e. The van der Waals surface area contributed by atoms with Crippen LogP contribution in [0.15, 0.2) is 47.1 Å². The summed E-state index contributed by atoms with van der Waals surface area (Å²) in [6.45, 7) is 3.73. The van der Waals surface area contributed by atoms with Gasteiger partial charge >= 0.3 is 0 Å². The quantitative estimate of drug-likeness (QED) is 0.793. The summed E-state index contributed by atoms with van der Waals surface area (Å²) in [6, 6.07) is 11.0. The van der Waals surface area contributed by atoms with Crippen molar-refractivity contribution >= 4 is 5.91 Å². The van der Waals surface area contributed by atoms with E-state index in [0.29, 0.717) is 31.0 Å². The SMILES string of the molecule is CCOc1ccc(C(=O)N2CCc3[nH]nc(-c4ccco4)c3C2)cc1. The van der Waals surface area contributed by atoms with Gasteiger partial charge < -0.3 is 14.1 Å². The third-order valence-electron chi connectivity index (χ3n) is 4.39. The van der Waals surface area contributed by atoms with Gasteiger partial charge in [0.25, 0.3) is 5.91 Å². The zero-order valence-electron chi connectivity index (χ0n) is 14.0. The minimum atomic E-state index is 0.0142. The summed E-state index contributed by atoms with van der Waals surface area (Å²) in [5, 5.41) is 7.44. The number of amides is 1. The number of furan rings is 1. The average Bonchev–Trinajstić information content (AvgIpc) is 3.30. The molecule has 0 saturated heterocycles. The lowest BCUT2D eigenvalue weighted by molar-refractivity contribution is 0.0734. The van der Waals surface area contributed by atoms with Crippen LogP contribution >= 0.6 is 0 Å². The molecular weight excluding hydrogens is 318 g/mol. The van der Waals surface area contributed by atoms with E-state index in [2.05, 4.69) is 10.2 Å². The Hall–Kier alpha value is -3.02. The standard InChI is InChI=1S/C19H19N3O3/c1-2-24-14-7-5-13(6-8-14)19(23)22-10-9-16-15(12-22)18(21-20-16)17-4-3-11-25-17/h3-8,11H,2,9-10,12H2,1H3,(H,20,21). The van der Waals surface area contributed by atoms with E-state index in [1.54, 1.807) is 6.26 Å². The number of carbonyl (C=O) groups excluding carboxylic acids is 1. The Balaban J connectivity index is 1.55. The topological polar surface area (TPSA) is 71.4 Å². The smallest absolute Gasteiger partial charge is 0.254 e. The lowest BCUT2D eigenvalue weighted by atomic mass is 10.0. The van der Waals surface area contributed by atoms with Gasteiger partial charge in [-0.2, -0.15) is 5.10 Å². The lowest BCUT2D eigenvalue weighted by Crippen LogP contribution is -2.35. The number of benzene rings is 1. The van der Waals surface area contributed by atoms with Crippen LogP contribution in [0.25, 0.3) is 11.5 Å². The zero-order valence-corrected chi connectivity index (χ0v) is 14.0. The first-order valence-electron chi connectivity index (χ1n) is 8.38. The highest BCUT2D eigenvalue weighted by atomic mass is 16.5. The van der Waals surface area contributed by atoms with Crippen molar-refractivity contribution in [2.24, 2.45) is 0 Å². The first kappa shape index (κ1) is 15.5. The maximum atomic E-state index is 12.8. The minimum Gasteiger partial charge on any atom is -0.494 e. The van der Waals surface area contributed by atoms with E-state index in [1.165, 1.54) is 0 Å². The molecule has 25 heavy (non-hydrogen) atoms. The Kier molecular flexibility index (Phi) is 4.01. The molecule has 4 rings (SSSR count). The molecule has 1 aliphatic heterocycles. The molecule has 0 saturated carbocycles. The zero-order chi connectivity index (χ0) is 17.2. The highest BCUT2D eigenvalue weighted by molar-refractivity contribution is 5.94. The molecule has 0 unspecified atom stereocenters. The van der Waals surface area contributed by atoms with Gasteiger partial charge in [0.15, 0.2) is 5.76 Å². The van der Waals surface area contributed by atoms with Gasteiger partial charge in [0.1, 0.15) is 11.4 Å². The van der Waals surface area contributed by atoms with Crippen LogP contribution < -0.4 is 4.74 Å². The van der Waals surface area contributed by atoms with E-state index in [9.17, 15) is 4.79 Å². The van der Waals surface area contributed by atoms with E-state index in [4.69, 9.17) is 9.15 Å². The molecule has 0 aliphatic carbocycles. The number of aromatic amines is 1. The van der Waals surface area contributed by atoms with Crippen LogP contribution in [-0.4, -0.2) is 34.2 Å². The van der Waals surface area contributed by atoms with Gasteiger partial charge in [0.2, 0.25) is 0 Å². The number of hydrogen-bond donors (Lipinski definition) is 1. The summed E-state index contributed by atoms with van der Waals surface area (Å²) >= 11 is 0. The summed E-state index contributed by atoms with van der Waals surface area (Å²) in [7, 11) is 0. The number of rotatable bonds is 4. The van der Waals surface area contributed by atoms with Crippen molar-refractivity contribution in [1.29, 1.82) is 0 Å².